The minimum absolute atomic E-state index is 0.0599. The predicted octanol–water partition coefficient (Wildman–Crippen LogP) is 1.46. The summed E-state index contributed by atoms with van der Waals surface area (Å²) >= 11 is 0. The number of nitrogens with zero attached hydrogens (tertiary/aromatic N) is 3. The fourth-order valence-electron chi connectivity index (χ4n) is 4.23. The Balaban J connectivity index is 1.57. The average molecular weight is 358 g/mol. The van der Waals surface area contributed by atoms with Gasteiger partial charge in [0.1, 0.15) is 0 Å². The van der Waals surface area contributed by atoms with Crippen LogP contribution in [0.4, 0.5) is 0 Å². The van der Waals surface area contributed by atoms with Crippen molar-refractivity contribution >= 4 is 11.8 Å². The summed E-state index contributed by atoms with van der Waals surface area (Å²) in [4.78, 5) is 33.0. The van der Waals surface area contributed by atoms with Crippen LogP contribution in [-0.2, 0) is 16.0 Å². The first-order valence-corrected chi connectivity index (χ1v) is 9.82. The van der Waals surface area contributed by atoms with Gasteiger partial charge in [0.25, 0.3) is 0 Å². The van der Waals surface area contributed by atoms with Crippen LogP contribution >= 0.6 is 0 Å². The van der Waals surface area contributed by atoms with Crippen molar-refractivity contribution in [3.05, 3.63) is 30.1 Å². The zero-order valence-electron chi connectivity index (χ0n) is 15.7. The molecule has 2 aliphatic rings. The van der Waals surface area contributed by atoms with Gasteiger partial charge < -0.3 is 10.2 Å². The summed E-state index contributed by atoms with van der Waals surface area (Å²) in [7, 11) is 0. The molecule has 2 amide bonds. The summed E-state index contributed by atoms with van der Waals surface area (Å²) in [6, 6.07) is 5.80. The lowest BCUT2D eigenvalue weighted by Crippen LogP contribution is -2.57. The monoisotopic (exact) mass is 358 g/mol. The van der Waals surface area contributed by atoms with Crippen LogP contribution in [0.2, 0.25) is 0 Å². The highest BCUT2D eigenvalue weighted by atomic mass is 16.2. The van der Waals surface area contributed by atoms with Crippen molar-refractivity contribution in [3.63, 3.8) is 0 Å². The standard InChI is InChI=1S/C20H30N4O2/c1-16(25)23-12-14-24(15-13-23)19(17-6-2-3-7-17)20(26)22-11-9-18-8-4-5-10-21-18/h4-5,8,10,17,19H,2-3,6-7,9,11-15H2,1H3,(H,22,26). The summed E-state index contributed by atoms with van der Waals surface area (Å²) in [6.45, 7) is 5.25. The Labute approximate surface area is 156 Å². The molecule has 0 radical (unpaired) electrons. The van der Waals surface area contributed by atoms with Crippen LogP contribution in [0.1, 0.15) is 38.3 Å². The number of pyridine rings is 1. The zero-order chi connectivity index (χ0) is 18.4. The summed E-state index contributed by atoms with van der Waals surface area (Å²) in [6.07, 6.45) is 7.23. The molecule has 6 nitrogen and oxygen atoms in total. The van der Waals surface area contributed by atoms with Crippen LogP contribution in [0, 0.1) is 5.92 Å². The van der Waals surface area contributed by atoms with Gasteiger partial charge in [0.05, 0.1) is 6.04 Å². The van der Waals surface area contributed by atoms with E-state index in [0.29, 0.717) is 12.5 Å². The van der Waals surface area contributed by atoms with Gasteiger partial charge in [-0.3, -0.25) is 19.5 Å². The second kappa shape index (κ2) is 9.12. The molecular weight excluding hydrogens is 328 g/mol. The SMILES string of the molecule is CC(=O)N1CCN(C(C(=O)NCCc2ccccn2)C2CCCC2)CC1. The van der Waals surface area contributed by atoms with Crippen LogP contribution in [0.25, 0.3) is 0 Å². The number of rotatable bonds is 6. The molecule has 0 aromatic carbocycles. The third-order valence-electron chi connectivity index (χ3n) is 5.67. The quantitative estimate of drug-likeness (QED) is 0.836. The van der Waals surface area contributed by atoms with E-state index in [-0.39, 0.29) is 17.9 Å². The number of nitrogens with one attached hydrogen (secondary N) is 1. The highest BCUT2D eigenvalue weighted by Gasteiger charge is 2.36. The summed E-state index contributed by atoms with van der Waals surface area (Å²) in [5, 5.41) is 3.14. The van der Waals surface area contributed by atoms with E-state index in [2.05, 4.69) is 15.2 Å². The van der Waals surface area contributed by atoms with Gasteiger partial charge >= 0.3 is 0 Å². The smallest absolute Gasteiger partial charge is 0.237 e. The van der Waals surface area contributed by atoms with Crippen molar-refractivity contribution in [2.24, 2.45) is 5.92 Å². The van der Waals surface area contributed by atoms with Crippen LogP contribution in [0.5, 0.6) is 0 Å². The molecule has 2 heterocycles. The third-order valence-corrected chi connectivity index (χ3v) is 5.67. The van der Waals surface area contributed by atoms with Crippen LogP contribution < -0.4 is 5.32 Å². The van der Waals surface area contributed by atoms with Gasteiger partial charge in [0.15, 0.2) is 0 Å². The first-order valence-electron chi connectivity index (χ1n) is 9.82. The topological polar surface area (TPSA) is 65.5 Å². The minimum Gasteiger partial charge on any atom is -0.354 e. The fraction of sp³-hybridized carbons (Fsp3) is 0.650. The summed E-state index contributed by atoms with van der Waals surface area (Å²) in [5.74, 6) is 0.708. The number of aromatic nitrogens is 1. The molecule has 26 heavy (non-hydrogen) atoms. The lowest BCUT2D eigenvalue weighted by molar-refractivity contribution is -0.133. The van der Waals surface area contributed by atoms with E-state index in [0.717, 1.165) is 51.1 Å². The third kappa shape index (κ3) is 4.81. The molecular formula is C20H30N4O2. The molecule has 1 saturated heterocycles. The van der Waals surface area contributed by atoms with Gasteiger partial charge in [-0.1, -0.05) is 18.9 Å². The van der Waals surface area contributed by atoms with E-state index < -0.39 is 0 Å². The van der Waals surface area contributed by atoms with E-state index in [1.165, 1.54) is 12.8 Å². The second-order valence-corrected chi connectivity index (χ2v) is 7.39. The number of piperazine rings is 1. The average Bonchev–Trinajstić information content (AvgIpc) is 3.17. The van der Waals surface area contributed by atoms with Crippen molar-refractivity contribution in [1.82, 2.24) is 20.1 Å². The van der Waals surface area contributed by atoms with Crippen molar-refractivity contribution in [1.29, 1.82) is 0 Å². The highest BCUT2D eigenvalue weighted by molar-refractivity contribution is 5.82. The Morgan fingerprint density at radius 1 is 1.19 bits per heavy atom. The molecule has 6 heteroatoms. The van der Waals surface area contributed by atoms with E-state index in [1.54, 1.807) is 13.1 Å². The molecule has 1 unspecified atom stereocenters. The normalized spacial score (nSPS) is 20.1. The summed E-state index contributed by atoms with van der Waals surface area (Å²) < 4.78 is 0. The number of carbonyl (C=O) groups excluding carboxylic acids is 2. The van der Waals surface area contributed by atoms with Crippen LogP contribution in [0.15, 0.2) is 24.4 Å². The lowest BCUT2D eigenvalue weighted by atomic mass is 9.95. The van der Waals surface area contributed by atoms with E-state index in [4.69, 9.17) is 0 Å². The second-order valence-electron chi connectivity index (χ2n) is 7.39. The van der Waals surface area contributed by atoms with Gasteiger partial charge in [0, 0.05) is 58.0 Å². The van der Waals surface area contributed by atoms with Gasteiger partial charge in [-0.05, 0) is 30.9 Å². The number of hydrogen-bond acceptors (Lipinski definition) is 4. The lowest BCUT2D eigenvalue weighted by Gasteiger charge is -2.40. The maximum atomic E-state index is 13.0. The van der Waals surface area contributed by atoms with Crippen LogP contribution in [-0.4, -0.2) is 65.4 Å². The van der Waals surface area contributed by atoms with Crippen molar-refractivity contribution in [2.75, 3.05) is 32.7 Å². The minimum atomic E-state index is -0.0599. The molecule has 1 aromatic rings. The Kier molecular flexibility index (Phi) is 6.61. The largest absolute Gasteiger partial charge is 0.354 e. The maximum Gasteiger partial charge on any atom is 0.237 e. The molecule has 0 bridgehead atoms. The zero-order valence-corrected chi connectivity index (χ0v) is 15.7. The molecule has 1 aromatic heterocycles. The first kappa shape index (κ1) is 18.8. The molecule has 0 spiro atoms. The van der Waals surface area contributed by atoms with E-state index in [9.17, 15) is 9.59 Å². The molecule has 1 saturated carbocycles. The summed E-state index contributed by atoms with van der Waals surface area (Å²) in [5.41, 5.74) is 1.00. The molecule has 1 N–H and O–H groups in total. The van der Waals surface area contributed by atoms with Gasteiger partial charge in [-0.15, -0.1) is 0 Å². The van der Waals surface area contributed by atoms with Gasteiger partial charge in [0.2, 0.25) is 11.8 Å². The van der Waals surface area contributed by atoms with Crippen molar-refractivity contribution in [2.45, 2.75) is 45.1 Å². The molecule has 3 rings (SSSR count). The number of amides is 2. The molecule has 2 fully saturated rings. The molecule has 1 aliphatic heterocycles. The number of hydrogen-bond donors (Lipinski definition) is 1. The Morgan fingerprint density at radius 2 is 1.92 bits per heavy atom. The Hall–Kier alpha value is -1.95. The van der Waals surface area contributed by atoms with Gasteiger partial charge in [-0.25, -0.2) is 0 Å². The van der Waals surface area contributed by atoms with Crippen molar-refractivity contribution in [3.8, 4) is 0 Å². The molecule has 142 valence electrons. The Bertz CT molecular complexity index is 593. The fourth-order valence-corrected chi connectivity index (χ4v) is 4.23. The van der Waals surface area contributed by atoms with E-state index >= 15 is 0 Å². The highest BCUT2D eigenvalue weighted by Crippen LogP contribution is 2.31. The van der Waals surface area contributed by atoms with Gasteiger partial charge in [-0.2, -0.15) is 0 Å². The molecule has 1 aliphatic carbocycles. The maximum absolute atomic E-state index is 13.0. The Morgan fingerprint density at radius 3 is 2.54 bits per heavy atom. The van der Waals surface area contributed by atoms with Crippen molar-refractivity contribution < 1.29 is 9.59 Å². The van der Waals surface area contributed by atoms with Crippen LogP contribution in [0.3, 0.4) is 0 Å². The predicted molar refractivity (Wildman–Crippen MR) is 101 cm³/mol. The number of carbonyl (C=O) groups is 2. The molecule has 1 atom stereocenters. The first-order chi connectivity index (χ1) is 12.6. The van der Waals surface area contributed by atoms with E-state index in [1.807, 2.05) is 23.1 Å².